The van der Waals surface area contributed by atoms with Gasteiger partial charge < -0.3 is 20.0 Å². The number of ether oxygens (including phenoxy) is 1. The van der Waals surface area contributed by atoms with E-state index in [0.29, 0.717) is 12.1 Å². The quantitative estimate of drug-likeness (QED) is 0.171. The third kappa shape index (κ3) is 6.84. The predicted octanol–water partition coefficient (Wildman–Crippen LogP) is 5.41. The molecule has 244 valence electrons. The summed E-state index contributed by atoms with van der Waals surface area (Å²) in [5.74, 6) is 0. The molecule has 1 aliphatic rings. The molecule has 0 saturated carbocycles. The van der Waals surface area contributed by atoms with Crippen molar-refractivity contribution in [1.29, 1.82) is 0 Å². The van der Waals surface area contributed by atoms with Gasteiger partial charge in [0.1, 0.15) is 6.23 Å². The van der Waals surface area contributed by atoms with Crippen molar-refractivity contribution in [2.24, 2.45) is 0 Å². The van der Waals surface area contributed by atoms with E-state index in [4.69, 9.17) is 14.9 Å². The van der Waals surface area contributed by atoms with Crippen molar-refractivity contribution in [3.63, 3.8) is 0 Å². The van der Waals surface area contributed by atoms with Crippen molar-refractivity contribution in [2.45, 2.75) is 72.6 Å². The SMILES string of the molecule is CO[C@@H]1[C@@H](Sc2ccc(N)cc2)C[C@@H](O)[C@H](CO[Si](c2ccccc2)(c2ccccc2)C(C)(C)C)N1S(=O)(=O)c1ccc(C)cc1. The number of hydrogen-bond donors (Lipinski definition) is 2. The van der Waals surface area contributed by atoms with Crippen molar-refractivity contribution in [2.75, 3.05) is 19.5 Å². The van der Waals surface area contributed by atoms with E-state index in [0.717, 1.165) is 20.8 Å². The first-order valence-corrected chi connectivity index (χ1v) is 19.7. The van der Waals surface area contributed by atoms with Crippen LogP contribution in [0.1, 0.15) is 32.8 Å². The van der Waals surface area contributed by atoms with Gasteiger partial charge in [-0.25, -0.2) is 8.42 Å². The molecule has 10 heteroatoms. The van der Waals surface area contributed by atoms with E-state index in [2.05, 4.69) is 45.0 Å². The van der Waals surface area contributed by atoms with E-state index >= 15 is 0 Å². The van der Waals surface area contributed by atoms with Gasteiger partial charge >= 0.3 is 0 Å². The maximum atomic E-state index is 14.6. The van der Waals surface area contributed by atoms with Gasteiger partial charge in [-0.2, -0.15) is 4.31 Å². The maximum Gasteiger partial charge on any atom is 0.261 e. The fourth-order valence-corrected chi connectivity index (χ4v) is 14.2. The second-order valence-corrected chi connectivity index (χ2v) is 20.3. The number of sulfonamides is 1. The molecule has 1 saturated heterocycles. The molecule has 1 fully saturated rings. The molecule has 0 aromatic heterocycles. The summed E-state index contributed by atoms with van der Waals surface area (Å²) in [6, 6.07) is 33.7. The Morgan fingerprint density at radius 3 is 1.93 bits per heavy atom. The second-order valence-electron chi connectivity index (χ2n) is 12.8. The Morgan fingerprint density at radius 2 is 1.43 bits per heavy atom. The van der Waals surface area contributed by atoms with Gasteiger partial charge in [-0.15, -0.1) is 11.8 Å². The van der Waals surface area contributed by atoms with Crippen LogP contribution in [-0.4, -0.2) is 63.5 Å². The highest BCUT2D eigenvalue weighted by Gasteiger charge is 2.54. The summed E-state index contributed by atoms with van der Waals surface area (Å²) in [4.78, 5) is 1.05. The van der Waals surface area contributed by atoms with Crippen LogP contribution in [0.25, 0.3) is 0 Å². The molecule has 4 atom stereocenters. The number of rotatable bonds is 10. The zero-order valence-electron chi connectivity index (χ0n) is 27.0. The summed E-state index contributed by atoms with van der Waals surface area (Å²) in [7, 11) is -5.66. The Bertz CT molecular complexity index is 1640. The summed E-state index contributed by atoms with van der Waals surface area (Å²) in [5.41, 5.74) is 7.51. The molecule has 46 heavy (non-hydrogen) atoms. The first-order chi connectivity index (χ1) is 21.9. The summed E-state index contributed by atoms with van der Waals surface area (Å²) in [6.07, 6.45) is -1.58. The maximum absolute atomic E-state index is 14.6. The highest BCUT2D eigenvalue weighted by Crippen LogP contribution is 2.41. The number of methoxy groups -OCH3 is 1. The minimum atomic E-state index is -4.14. The van der Waals surface area contributed by atoms with Crippen molar-refractivity contribution < 1.29 is 22.7 Å². The van der Waals surface area contributed by atoms with Gasteiger partial charge in [-0.05, 0) is 65.2 Å². The monoisotopic (exact) mass is 676 g/mol. The second kappa shape index (κ2) is 14.0. The van der Waals surface area contributed by atoms with Crippen LogP contribution >= 0.6 is 11.8 Å². The van der Waals surface area contributed by atoms with Crippen molar-refractivity contribution in [3.8, 4) is 0 Å². The molecule has 0 radical (unpaired) electrons. The zero-order valence-corrected chi connectivity index (χ0v) is 29.7. The van der Waals surface area contributed by atoms with Gasteiger partial charge in [0, 0.05) is 17.7 Å². The molecular formula is C36H44N2O5S2Si. The topological polar surface area (TPSA) is 102 Å². The molecule has 1 heterocycles. The number of hydrogen-bond acceptors (Lipinski definition) is 7. The summed E-state index contributed by atoms with van der Waals surface area (Å²) in [5, 5.41) is 13.3. The molecule has 5 rings (SSSR count). The number of anilines is 1. The van der Waals surface area contributed by atoms with E-state index in [1.54, 1.807) is 24.3 Å². The Kier molecular flexibility index (Phi) is 10.5. The smallest absolute Gasteiger partial charge is 0.261 e. The molecule has 0 amide bonds. The molecule has 4 aromatic rings. The fraction of sp³-hybridized carbons (Fsp3) is 0.333. The Labute approximate surface area is 278 Å². The fourth-order valence-electron chi connectivity index (χ4n) is 6.42. The minimum absolute atomic E-state index is 0.0152. The van der Waals surface area contributed by atoms with Crippen molar-refractivity contribution in [3.05, 3.63) is 115 Å². The molecule has 0 unspecified atom stereocenters. The number of thioether (sulfide) groups is 1. The molecule has 0 aliphatic carbocycles. The van der Waals surface area contributed by atoms with Gasteiger partial charge in [0.25, 0.3) is 8.32 Å². The van der Waals surface area contributed by atoms with E-state index < -0.39 is 42.0 Å². The molecule has 4 aromatic carbocycles. The van der Waals surface area contributed by atoms with Gasteiger partial charge in [-0.3, -0.25) is 0 Å². The number of piperidine rings is 1. The number of nitrogens with zero attached hydrogens (tertiary/aromatic N) is 1. The van der Waals surface area contributed by atoms with Crippen LogP contribution in [0, 0.1) is 6.92 Å². The molecule has 0 spiro atoms. The largest absolute Gasteiger partial charge is 0.406 e. The van der Waals surface area contributed by atoms with Crippen LogP contribution in [0.5, 0.6) is 0 Å². The number of aliphatic hydroxyl groups is 1. The third-order valence-corrected chi connectivity index (χ3v) is 16.9. The summed E-state index contributed by atoms with van der Waals surface area (Å²) >= 11 is 1.47. The van der Waals surface area contributed by atoms with Crippen LogP contribution in [-0.2, 0) is 19.2 Å². The van der Waals surface area contributed by atoms with E-state index in [-0.39, 0.29) is 16.5 Å². The Hall–Kier alpha value is -2.96. The average Bonchev–Trinajstić information content (AvgIpc) is 3.03. The molecule has 1 aliphatic heterocycles. The number of aliphatic hydroxyl groups excluding tert-OH is 1. The van der Waals surface area contributed by atoms with E-state index in [9.17, 15) is 13.5 Å². The van der Waals surface area contributed by atoms with Crippen LogP contribution in [0.3, 0.4) is 0 Å². The average molecular weight is 677 g/mol. The Morgan fingerprint density at radius 1 is 0.891 bits per heavy atom. The van der Waals surface area contributed by atoms with Crippen LogP contribution in [0.4, 0.5) is 5.69 Å². The van der Waals surface area contributed by atoms with Crippen LogP contribution in [0.15, 0.2) is 119 Å². The first kappa shape index (κ1) is 34.4. The Balaban J connectivity index is 1.60. The molecule has 0 bridgehead atoms. The van der Waals surface area contributed by atoms with Gasteiger partial charge in [0.05, 0.1) is 28.9 Å². The lowest BCUT2D eigenvalue weighted by Crippen LogP contribution is -2.69. The van der Waals surface area contributed by atoms with Crippen molar-refractivity contribution >= 4 is 46.2 Å². The number of benzene rings is 4. The van der Waals surface area contributed by atoms with Gasteiger partial charge in [0.2, 0.25) is 10.0 Å². The minimum Gasteiger partial charge on any atom is -0.406 e. The third-order valence-electron chi connectivity index (χ3n) is 8.71. The lowest BCUT2D eigenvalue weighted by atomic mass is 10.0. The highest BCUT2D eigenvalue weighted by molar-refractivity contribution is 8.00. The normalized spacial score (nSPS) is 21.3. The molecule has 7 nitrogen and oxygen atoms in total. The van der Waals surface area contributed by atoms with Crippen LogP contribution in [0.2, 0.25) is 5.04 Å². The standard InChI is InChI=1S/C36H44N2O5S2Si/c1-26-16-22-29(23-17-26)45(40,41)38-32(33(39)24-34(35(38)42-5)44-28-20-18-27(37)19-21-28)25-43-46(36(2,3)4,30-12-8-6-9-13-30)31-14-10-7-11-15-31/h6-23,32-35,39H,24-25,37H2,1-5H3/t32-,33+,34-,35+/m0/s1. The number of nitrogens with two attached hydrogens (primary N) is 1. The van der Waals surface area contributed by atoms with Gasteiger partial charge in [0.15, 0.2) is 0 Å². The lowest BCUT2D eigenvalue weighted by molar-refractivity contribution is -0.0822. The van der Waals surface area contributed by atoms with Crippen LogP contribution < -0.4 is 16.1 Å². The zero-order chi connectivity index (χ0) is 33.1. The molecule has 3 N–H and O–H groups in total. The predicted molar refractivity (Wildman–Crippen MR) is 189 cm³/mol. The summed E-state index contributed by atoms with van der Waals surface area (Å²) < 4.78 is 43.8. The number of aryl methyl sites for hydroxylation is 1. The first-order valence-electron chi connectivity index (χ1n) is 15.5. The van der Waals surface area contributed by atoms with E-state index in [1.165, 1.54) is 23.2 Å². The van der Waals surface area contributed by atoms with Crippen molar-refractivity contribution in [1.82, 2.24) is 4.31 Å². The number of nitrogen functional groups attached to an aromatic ring is 1. The summed E-state index contributed by atoms with van der Waals surface area (Å²) in [6.45, 7) is 8.43. The molecular weight excluding hydrogens is 633 g/mol. The van der Waals surface area contributed by atoms with Gasteiger partial charge in [-0.1, -0.05) is 99.1 Å². The lowest BCUT2D eigenvalue weighted by Gasteiger charge is -2.49. The highest BCUT2D eigenvalue weighted by atomic mass is 32.2. The van der Waals surface area contributed by atoms with E-state index in [1.807, 2.05) is 67.6 Å².